The molecule has 2 aromatic rings. The minimum Gasteiger partial charge on any atom is -0.481 e. The number of rotatable bonds is 5. The minimum absolute atomic E-state index is 0.0319. The number of aromatic amines is 1. The van der Waals surface area contributed by atoms with Crippen LogP contribution in [0.5, 0.6) is 0 Å². The van der Waals surface area contributed by atoms with Crippen LogP contribution in [0.1, 0.15) is 29.6 Å². The Bertz CT molecular complexity index is 743. The first-order chi connectivity index (χ1) is 11.1. The smallest absolute Gasteiger partial charge is 0.307 e. The summed E-state index contributed by atoms with van der Waals surface area (Å²) in [5.74, 6) is -1.12. The summed E-state index contributed by atoms with van der Waals surface area (Å²) in [7, 11) is 0. The number of nitrogens with one attached hydrogen (secondary N) is 1. The average molecular weight is 336 g/mol. The van der Waals surface area contributed by atoms with Crippen LogP contribution in [0.2, 0.25) is 5.02 Å². The molecule has 0 bridgehead atoms. The first-order valence-corrected chi connectivity index (χ1v) is 8.04. The van der Waals surface area contributed by atoms with Crippen LogP contribution >= 0.6 is 11.6 Å². The predicted octanol–water partition coefficient (Wildman–Crippen LogP) is 2.59. The van der Waals surface area contributed by atoms with Crippen molar-refractivity contribution in [2.75, 3.05) is 19.6 Å². The highest BCUT2D eigenvalue weighted by atomic mass is 35.5. The number of aliphatic carboxylic acids is 1. The lowest BCUT2D eigenvalue weighted by Gasteiger charge is -2.30. The molecule has 2 N–H and O–H groups in total. The molecule has 3 rings (SSSR count). The zero-order chi connectivity index (χ0) is 16.4. The van der Waals surface area contributed by atoms with Gasteiger partial charge >= 0.3 is 5.97 Å². The average Bonchev–Trinajstić information content (AvgIpc) is 3.03. The van der Waals surface area contributed by atoms with Gasteiger partial charge in [-0.05, 0) is 31.5 Å². The van der Waals surface area contributed by atoms with E-state index >= 15 is 0 Å². The molecule has 0 saturated carbocycles. The standard InChI is InChI=1S/C16H18ClN3O3/c17-15-11(3-4-13-12(15)8-18-19-13)14(21)5-7-20-6-1-2-10(9-20)16(22)23/h3-4,8,10H,1-2,5-7,9H2,(H,18,19)(H,22,23). The van der Waals surface area contributed by atoms with E-state index < -0.39 is 5.97 Å². The number of benzene rings is 1. The third kappa shape index (κ3) is 3.38. The molecule has 1 fully saturated rings. The van der Waals surface area contributed by atoms with Crippen molar-refractivity contribution in [3.05, 3.63) is 28.9 Å². The molecule has 0 aliphatic carbocycles. The Labute approximate surface area is 138 Å². The highest BCUT2D eigenvalue weighted by molar-refractivity contribution is 6.38. The second-order valence-corrected chi connectivity index (χ2v) is 6.29. The monoisotopic (exact) mass is 335 g/mol. The van der Waals surface area contributed by atoms with Gasteiger partial charge in [-0.3, -0.25) is 14.7 Å². The third-order valence-corrected chi connectivity index (χ3v) is 4.78. The number of Topliss-reactive ketones (excluding diaryl/α,β-unsaturated/α-hetero) is 1. The summed E-state index contributed by atoms with van der Waals surface area (Å²) in [5.41, 5.74) is 1.29. The number of hydrogen-bond acceptors (Lipinski definition) is 4. The summed E-state index contributed by atoms with van der Waals surface area (Å²) in [4.78, 5) is 25.6. The maximum atomic E-state index is 12.4. The molecule has 7 heteroatoms. The van der Waals surface area contributed by atoms with Gasteiger partial charge in [-0.25, -0.2) is 0 Å². The highest BCUT2D eigenvalue weighted by Gasteiger charge is 2.25. The summed E-state index contributed by atoms with van der Waals surface area (Å²) in [6.07, 6.45) is 3.50. The molecule has 1 aromatic carbocycles. The zero-order valence-corrected chi connectivity index (χ0v) is 13.3. The maximum absolute atomic E-state index is 12.4. The SMILES string of the molecule is O=C(CCN1CCCC(C(=O)O)C1)c1ccc2[nH]ncc2c1Cl. The van der Waals surface area contributed by atoms with Crippen LogP contribution in [-0.4, -0.2) is 51.6 Å². The van der Waals surface area contributed by atoms with Gasteiger partial charge in [-0.1, -0.05) is 11.6 Å². The van der Waals surface area contributed by atoms with Gasteiger partial charge in [0.25, 0.3) is 0 Å². The van der Waals surface area contributed by atoms with Gasteiger partial charge in [0, 0.05) is 30.5 Å². The maximum Gasteiger partial charge on any atom is 0.307 e. The Morgan fingerprint density at radius 2 is 2.26 bits per heavy atom. The molecule has 1 aliphatic heterocycles. The molecule has 1 aliphatic rings. The van der Waals surface area contributed by atoms with Gasteiger partial charge in [-0.15, -0.1) is 0 Å². The van der Waals surface area contributed by atoms with Gasteiger partial charge in [0.05, 0.1) is 22.7 Å². The van der Waals surface area contributed by atoms with E-state index in [4.69, 9.17) is 16.7 Å². The Morgan fingerprint density at radius 1 is 1.43 bits per heavy atom. The molecule has 1 saturated heterocycles. The van der Waals surface area contributed by atoms with Crippen molar-refractivity contribution < 1.29 is 14.7 Å². The Kier molecular flexibility index (Phi) is 4.63. The predicted molar refractivity (Wildman–Crippen MR) is 86.9 cm³/mol. The zero-order valence-electron chi connectivity index (χ0n) is 12.6. The number of nitrogens with zero attached hydrogens (tertiary/aromatic N) is 2. The fourth-order valence-corrected chi connectivity index (χ4v) is 3.37. The summed E-state index contributed by atoms with van der Waals surface area (Å²) in [6.45, 7) is 1.91. The molecule has 23 heavy (non-hydrogen) atoms. The number of carbonyl (C=O) groups excluding carboxylic acids is 1. The minimum atomic E-state index is -0.755. The number of H-pyrrole nitrogens is 1. The first-order valence-electron chi connectivity index (χ1n) is 7.66. The van der Waals surface area contributed by atoms with Crippen molar-refractivity contribution in [1.29, 1.82) is 0 Å². The van der Waals surface area contributed by atoms with Crippen molar-refractivity contribution in [2.45, 2.75) is 19.3 Å². The second kappa shape index (κ2) is 6.68. The van der Waals surface area contributed by atoms with Crippen molar-refractivity contribution in [3.63, 3.8) is 0 Å². The van der Waals surface area contributed by atoms with Gasteiger partial charge in [0.15, 0.2) is 5.78 Å². The first kappa shape index (κ1) is 16.0. The number of hydrogen-bond donors (Lipinski definition) is 2. The summed E-state index contributed by atoms with van der Waals surface area (Å²) in [5, 5.41) is 17.0. The second-order valence-electron chi connectivity index (χ2n) is 5.91. The number of aromatic nitrogens is 2. The lowest BCUT2D eigenvalue weighted by Crippen LogP contribution is -2.39. The fourth-order valence-electron chi connectivity index (χ4n) is 3.05. The molecule has 0 amide bonds. The number of ketones is 1. The summed E-state index contributed by atoms with van der Waals surface area (Å²) in [6, 6.07) is 3.50. The normalized spacial score (nSPS) is 19.1. The van der Waals surface area contributed by atoms with E-state index in [-0.39, 0.29) is 11.7 Å². The van der Waals surface area contributed by atoms with Gasteiger partial charge in [-0.2, -0.15) is 5.10 Å². The van der Waals surface area contributed by atoms with Crippen LogP contribution in [0.4, 0.5) is 0 Å². The molecule has 0 spiro atoms. The van der Waals surface area contributed by atoms with Crippen molar-refractivity contribution in [1.82, 2.24) is 15.1 Å². The van der Waals surface area contributed by atoms with Crippen LogP contribution in [-0.2, 0) is 4.79 Å². The number of carboxylic acids is 1. The molecule has 1 atom stereocenters. The van der Waals surface area contributed by atoms with Crippen LogP contribution in [0.25, 0.3) is 10.9 Å². The van der Waals surface area contributed by atoms with Crippen molar-refractivity contribution in [2.24, 2.45) is 5.92 Å². The molecule has 2 heterocycles. The molecule has 1 aromatic heterocycles. The van der Waals surface area contributed by atoms with Gasteiger partial charge in [0.2, 0.25) is 0 Å². The van der Waals surface area contributed by atoms with Crippen LogP contribution < -0.4 is 0 Å². The molecule has 0 radical (unpaired) electrons. The number of fused-ring (bicyclic) bond motifs is 1. The van der Waals surface area contributed by atoms with Gasteiger partial charge < -0.3 is 10.0 Å². The lowest BCUT2D eigenvalue weighted by atomic mass is 9.97. The summed E-state index contributed by atoms with van der Waals surface area (Å²) >= 11 is 6.29. The number of likely N-dealkylation sites (tertiary alicyclic amines) is 1. The van der Waals surface area contributed by atoms with E-state index in [9.17, 15) is 9.59 Å². The van der Waals surface area contributed by atoms with Crippen LogP contribution in [0, 0.1) is 5.92 Å². The van der Waals surface area contributed by atoms with Crippen LogP contribution in [0.15, 0.2) is 18.3 Å². The topological polar surface area (TPSA) is 86.3 Å². The van der Waals surface area contributed by atoms with Crippen molar-refractivity contribution in [3.8, 4) is 0 Å². The molecule has 122 valence electrons. The number of carboxylic acid groups (broad SMARTS) is 1. The van der Waals surface area contributed by atoms with Crippen LogP contribution in [0.3, 0.4) is 0 Å². The van der Waals surface area contributed by atoms with E-state index in [1.165, 1.54) is 0 Å². The quantitative estimate of drug-likeness (QED) is 0.820. The highest BCUT2D eigenvalue weighted by Crippen LogP contribution is 2.27. The molecule has 6 nitrogen and oxygen atoms in total. The van der Waals surface area contributed by atoms with E-state index in [0.717, 1.165) is 23.9 Å². The summed E-state index contributed by atoms with van der Waals surface area (Å²) < 4.78 is 0. The van der Waals surface area contributed by atoms with E-state index in [2.05, 4.69) is 10.2 Å². The number of halogens is 1. The van der Waals surface area contributed by atoms with E-state index in [0.29, 0.717) is 36.5 Å². The van der Waals surface area contributed by atoms with E-state index in [1.54, 1.807) is 18.3 Å². The Balaban J connectivity index is 1.64. The number of carbonyl (C=O) groups is 2. The van der Waals surface area contributed by atoms with Crippen molar-refractivity contribution >= 4 is 34.3 Å². The van der Waals surface area contributed by atoms with Gasteiger partial charge in [0.1, 0.15) is 0 Å². The fraction of sp³-hybridized carbons (Fsp3) is 0.438. The molecule has 1 unspecified atom stereocenters. The Hall–Kier alpha value is -1.92. The number of piperidine rings is 1. The largest absolute Gasteiger partial charge is 0.481 e. The molecular formula is C16H18ClN3O3. The van der Waals surface area contributed by atoms with E-state index in [1.807, 2.05) is 4.90 Å². The molecular weight excluding hydrogens is 318 g/mol. The lowest BCUT2D eigenvalue weighted by molar-refractivity contribution is -0.143. The Morgan fingerprint density at radius 3 is 3.04 bits per heavy atom. The third-order valence-electron chi connectivity index (χ3n) is 4.37.